The number of anilines is 1. The van der Waals surface area contributed by atoms with Crippen molar-refractivity contribution in [1.29, 1.82) is 0 Å². The van der Waals surface area contributed by atoms with Gasteiger partial charge in [-0.1, -0.05) is 13.3 Å². The molecule has 0 saturated heterocycles. The summed E-state index contributed by atoms with van der Waals surface area (Å²) in [5, 5.41) is 2.81. The molecule has 1 heterocycles. The van der Waals surface area contributed by atoms with Gasteiger partial charge in [-0.15, -0.1) is 0 Å². The molecule has 0 radical (unpaired) electrons. The van der Waals surface area contributed by atoms with Crippen LogP contribution in [0.25, 0.3) is 0 Å². The molecular formula is C20H25N3O3. The number of carbonyl (C=O) groups excluding carboxylic acids is 2. The van der Waals surface area contributed by atoms with Crippen LogP contribution in [-0.4, -0.2) is 41.9 Å². The lowest BCUT2D eigenvalue weighted by Gasteiger charge is -2.16. The summed E-state index contributed by atoms with van der Waals surface area (Å²) in [6.07, 6.45) is 3.42. The van der Waals surface area contributed by atoms with Gasteiger partial charge < -0.3 is 15.0 Å². The van der Waals surface area contributed by atoms with E-state index in [9.17, 15) is 9.59 Å². The van der Waals surface area contributed by atoms with E-state index in [1.807, 2.05) is 6.92 Å². The van der Waals surface area contributed by atoms with Gasteiger partial charge in [-0.2, -0.15) is 0 Å². The van der Waals surface area contributed by atoms with E-state index >= 15 is 0 Å². The van der Waals surface area contributed by atoms with Gasteiger partial charge in [-0.3, -0.25) is 14.6 Å². The fourth-order valence-electron chi connectivity index (χ4n) is 2.39. The van der Waals surface area contributed by atoms with Crippen LogP contribution in [0.3, 0.4) is 0 Å². The maximum Gasteiger partial charge on any atom is 0.272 e. The first-order valence-corrected chi connectivity index (χ1v) is 8.80. The second-order valence-corrected chi connectivity index (χ2v) is 5.92. The third-order valence-electron chi connectivity index (χ3n) is 3.86. The van der Waals surface area contributed by atoms with Gasteiger partial charge in [0, 0.05) is 31.0 Å². The predicted octanol–water partition coefficient (Wildman–Crippen LogP) is 3.60. The number of carbonyl (C=O) groups is 2. The van der Waals surface area contributed by atoms with Crippen molar-refractivity contribution >= 4 is 17.5 Å². The van der Waals surface area contributed by atoms with Crippen molar-refractivity contribution in [3.63, 3.8) is 0 Å². The summed E-state index contributed by atoms with van der Waals surface area (Å²) in [6.45, 7) is 5.24. The number of rotatable bonds is 8. The largest absolute Gasteiger partial charge is 0.494 e. The van der Waals surface area contributed by atoms with Crippen molar-refractivity contribution in [3.05, 3.63) is 53.9 Å². The van der Waals surface area contributed by atoms with Crippen LogP contribution in [0.1, 0.15) is 47.5 Å². The zero-order valence-corrected chi connectivity index (χ0v) is 15.5. The summed E-state index contributed by atoms with van der Waals surface area (Å²) >= 11 is 0. The van der Waals surface area contributed by atoms with E-state index in [1.54, 1.807) is 42.3 Å². The van der Waals surface area contributed by atoms with Gasteiger partial charge in [-0.25, -0.2) is 0 Å². The smallest absolute Gasteiger partial charge is 0.272 e. The van der Waals surface area contributed by atoms with Crippen molar-refractivity contribution in [3.8, 4) is 5.75 Å². The molecule has 1 aromatic heterocycles. The van der Waals surface area contributed by atoms with Gasteiger partial charge in [-0.05, 0) is 49.7 Å². The van der Waals surface area contributed by atoms with E-state index in [4.69, 9.17) is 4.74 Å². The van der Waals surface area contributed by atoms with E-state index < -0.39 is 0 Å². The first kappa shape index (κ1) is 19.4. The Hall–Kier alpha value is -2.89. The third kappa shape index (κ3) is 5.31. The fraction of sp³-hybridized carbons (Fsp3) is 0.350. The fourth-order valence-corrected chi connectivity index (χ4v) is 2.39. The first-order valence-electron chi connectivity index (χ1n) is 8.80. The number of nitrogens with one attached hydrogen (secondary N) is 1. The summed E-state index contributed by atoms with van der Waals surface area (Å²) in [4.78, 5) is 30.6. The lowest BCUT2D eigenvalue weighted by atomic mass is 10.2. The Morgan fingerprint density at radius 2 is 1.88 bits per heavy atom. The highest BCUT2D eigenvalue weighted by Gasteiger charge is 2.15. The van der Waals surface area contributed by atoms with Crippen molar-refractivity contribution in [2.24, 2.45) is 0 Å². The topological polar surface area (TPSA) is 71.5 Å². The van der Waals surface area contributed by atoms with Crippen LogP contribution in [0.15, 0.2) is 42.6 Å². The molecule has 0 fully saturated rings. The first-order chi connectivity index (χ1) is 12.5. The molecule has 0 aliphatic heterocycles. The van der Waals surface area contributed by atoms with Gasteiger partial charge in [0.25, 0.3) is 11.8 Å². The highest BCUT2D eigenvalue weighted by molar-refractivity contribution is 6.05. The Bertz CT molecular complexity index is 744. The van der Waals surface area contributed by atoms with Crippen LogP contribution < -0.4 is 10.1 Å². The zero-order chi connectivity index (χ0) is 18.9. The molecule has 2 amide bonds. The maximum atomic E-state index is 12.4. The minimum atomic E-state index is -0.290. The number of benzene rings is 1. The normalized spacial score (nSPS) is 10.3. The van der Waals surface area contributed by atoms with Gasteiger partial charge in [0.05, 0.1) is 6.61 Å². The molecular weight excluding hydrogens is 330 g/mol. The average Bonchev–Trinajstić information content (AvgIpc) is 2.67. The second-order valence-electron chi connectivity index (χ2n) is 5.92. The summed E-state index contributed by atoms with van der Waals surface area (Å²) < 4.78 is 5.38. The Balaban J connectivity index is 2.06. The number of ether oxygens (including phenoxy) is 1. The Morgan fingerprint density at radius 1 is 1.15 bits per heavy atom. The second kappa shape index (κ2) is 9.56. The Labute approximate surface area is 154 Å². The standard InChI is InChI=1S/C20H25N3O3/c1-4-6-13-23(3)20(25)18-14-15(11-12-21-18)19(24)22-16-7-9-17(10-8-16)26-5-2/h7-12,14H,4-6,13H2,1-3H3,(H,22,24). The van der Waals surface area contributed by atoms with Crippen LogP contribution in [-0.2, 0) is 0 Å². The molecule has 0 aliphatic rings. The van der Waals surface area contributed by atoms with Gasteiger partial charge >= 0.3 is 0 Å². The molecule has 0 aliphatic carbocycles. The number of aromatic nitrogens is 1. The lowest BCUT2D eigenvalue weighted by molar-refractivity contribution is 0.0787. The monoisotopic (exact) mass is 355 g/mol. The number of amides is 2. The quantitative estimate of drug-likeness (QED) is 0.785. The minimum absolute atomic E-state index is 0.186. The molecule has 26 heavy (non-hydrogen) atoms. The number of hydrogen-bond donors (Lipinski definition) is 1. The SMILES string of the molecule is CCCCN(C)C(=O)c1cc(C(=O)Nc2ccc(OCC)cc2)ccn1. The predicted molar refractivity (Wildman–Crippen MR) is 102 cm³/mol. The number of unbranched alkanes of at least 4 members (excludes halogenated alkanes) is 1. The summed E-state index contributed by atoms with van der Waals surface area (Å²) in [5.74, 6) is 0.272. The highest BCUT2D eigenvalue weighted by Crippen LogP contribution is 2.16. The molecule has 2 aromatic rings. The molecule has 1 aromatic carbocycles. The van der Waals surface area contributed by atoms with Crippen molar-refractivity contribution in [2.75, 3.05) is 25.5 Å². The van der Waals surface area contributed by atoms with Crippen LogP contribution in [0.5, 0.6) is 5.75 Å². The van der Waals surface area contributed by atoms with E-state index in [2.05, 4.69) is 17.2 Å². The average molecular weight is 355 g/mol. The molecule has 2 rings (SSSR count). The molecule has 6 nitrogen and oxygen atoms in total. The van der Waals surface area contributed by atoms with E-state index in [0.29, 0.717) is 24.4 Å². The minimum Gasteiger partial charge on any atom is -0.494 e. The van der Waals surface area contributed by atoms with Crippen molar-refractivity contribution in [1.82, 2.24) is 9.88 Å². The molecule has 6 heteroatoms. The third-order valence-corrected chi connectivity index (χ3v) is 3.86. The summed E-state index contributed by atoms with van der Waals surface area (Å²) in [6, 6.07) is 10.2. The maximum absolute atomic E-state index is 12.4. The highest BCUT2D eigenvalue weighted by atomic mass is 16.5. The molecule has 0 unspecified atom stereocenters. The molecule has 0 atom stereocenters. The lowest BCUT2D eigenvalue weighted by Crippen LogP contribution is -2.28. The molecule has 138 valence electrons. The number of hydrogen-bond acceptors (Lipinski definition) is 4. The molecule has 1 N–H and O–H groups in total. The van der Waals surface area contributed by atoms with Crippen molar-refractivity contribution in [2.45, 2.75) is 26.7 Å². The van der Waals surface area contributed by atoms with E-state index in [-0.39, 0.29) is 17.5 Å². The molecule has 0 saturated carbocycles. The van der Waals surface area contributed by atoms with Crippen LogP contribution in [0.4, 0.5) is 5.69 Å². The number of pyridine rings is 1. The van der Waals surface area contributed by atoms with Crippen LogP contribution >= 0.6 is 0 Å². The van der Waals surface area contributed by atoms with Crippen LogP contribution in [0.2, 0.25) is 0 Å². The molecule has 0 bridgehead atoms. The van der Waals surface area contributed by atoms with Crippen molar-refractivity contribution < 1.29 is 14.3 Å². The number of nitrogens with zero attached hydrogens (tertiary/aromatic N) is 2. The Morgan fingerprint density at radius 3 is 2.54 bits per heavy atom. The zero-order valence-electron chi connectivity index (χ0n) is 15.5. The van der Waals surface area contributed by atoms with Gasteiger partial charge in [0.15, 0.2) is 0 Å². The summed E-state index contributed by atoms with van der Waals surface area (Å²) in [7, 11) is 1.74. The van der Waals surface area contributed by atoms with Crippen LogP contribution in [0, 0.1) is 0 Å². The Kier molecular flexibility index (Phi) is 7.14. The summed E-state index contributed by atoms with van der Waals surface area (Å²) in [5.41, 5.74) is 1.31. The van der Waals surface area contributed by atoms with E-state index in [0.717, 1.165) is 18.6 Å². The van der Waals surface area contributed by atoms with Gasteiger partial charge in [0.1, 0.15) is 11.4 Å². The molecule has 0 spiro atoms. The van der Waals surface area contributed by atoms with Gasteiger partial charge in [0.2, 0.25) is 0 Å². The van der Waals surface area contributed by atoms with E-state index in [1.165, 1.54) is 12.3 Å².